The highest BCUT2D eigenvalue weighted by Crippen LogP contribution is 2.28. The van der Waals surface area contributed by atoms with Crippen molar-refractivity contribution in [2.75, 3.05) is 25.1 Å². The largest absolute Gasteiger partial charge is 0.365 e. The molecular weight excluding hydrogens is 218 g/mol. The molecule has 0 N–H and O–H groups in total. The molecule has 0 spiro atoms. The van der Waals surface area contributed by atoms with Gasteiger partial charge >= 0.3 is 0 Å². The Labute approximate surface area is 90.5 Å². The fourth-order valence-corrected chi connectivity index (χ4v) is 3.52. The highest BCUT2D eigenvalue weighted by Gasteiger charge is 2.18. The number of rotatable bonds is 4. The van der Waals surface area contributed by atoms with Crippen LogP contribution in [0.1, 0.15) is 19.8 Å². The summed E-state index contributed by atoms with van der Waals surface area (Å²) in [6.45, 7) is 4.10. The monoisotopic (exact) mass is 235 g/mol. The van der Waals surface area contributed by atoms with Gasteiger partial charge in [0, 0.05) is 25.1 Å². The molecule has 1 fully saturated rings. The molecule has 0 aromatic carbocycles. The Morgan fingerprint density at radius 1 is 1.57 bits per heavy atom. The van der Waals surface area contributed by atoms with Gasteiger partial charge in [-0.1, -0.05) is 13.3 Å². The first-order valence-electron chi connectivity index (χ1n) is 4.82. The van der Waals surface area contributed by atoms with Crippen LogP contribution in [-0.2, 0) is 9.84 Å². The van der Waals surface area contributed by atoms with Gasteiger partial charge in [-0.05, 0) is 6.42 Å². The first-order valence-corrected chi connectivity index (χ1v) is 7.76. The highest BCUT2D eigenvalue weighted by atomic mass is 32.2. The van der Waals surface area contributed by atoms with E-state index < -0.39 is 9.84 Å². The molecule has 0 aromatic rings. The molecule has 0 amide bonds. The maximum absolute atomic E-state index is 11.1. The summed E-state index contributed by atoms with van der Waals surface area (Å²) < 4.78 is 22.2. The normalized spacial score (nSPS) is 20.7. The molecule has 3 nitrogen and oxygen atoms in total. The Morgan fingerprint density at radius 2 is 2.29 bits per heavy atom. The summed E-state index contributed by atoms with van der Waals surface area (Å²) in [5.41, 5.74) is 0. The Bertz CT molecular complexity index is 309. The van der Waals surface area contributed by atoms with E-state index in [9.17, 15) is 8.42 Å². The van der Waals surface area contributed by atoms with Crippen molar-refractivity contribution < 1.29 is 8.42 Å². The van der Waals surface area contributed by atoms with Gasteiger partial charge in [0.25, 0.3) is 0 Å². The third-order valence-electron chi connectivity index (χ3n) is 2.02. The minimum atomic E-state index is -2.99. The fourth-order valence-electron chi connectivity index (χ4n) is 1.32. The van der Waals surface area contributed by atoms with E-state index in [1.54, 1.807) is 11.8 Å². The van der Waals surface area contributed by atoms with Gasteiger partial charge in [0.2, 0.25) is 0 Å². The average Bonchev–Trinajstić information content (AvgIpc) is 2.45. The van der Waals surface area contributed by atoms with Crippen molar-refractivity contribution in [1.82, 2.24) is 4.90 Å². The van der Waals surface area contributed by atoms with E-state index in [1.807, 2.05) is 0 Å². The third kappa shape index (κ3) is 3.92. The summed E-state index contributed by atoms with van der Waals surface area (Å²) >= 11 is 1.64. The minimum absolute atomic E-state index is 0.918. The lowest BCUT2D eigenvalue weighted by molar-refractivity contribution is 0.392. The van der Waals surface area contributed by atoms with Gasteiger partial charge in [-0.15, -0.1) is 11.8 Å². The van der Waals surface area contributed by atoms with E-state index in [-0.39, 0.29) is 0 Å². The molecule has 1 aliphatic rings. The van der Waals surface area contributed by atoms with E-state index in [4.69, 9.17) is 0 Å². The predicted octanol–water partition coefficient (Wildman–Crippen LogP) is 1.68. The molecular formula is C9H17NO2S2. The molecule has 1 saturated heterocycles. The number of thioether (sulfide) groups is 1. The molecule has 0 radical (unpaired) electrons. The first kappa shape index (κ1) is 11.9. The van der Waals surface area contributed by atoms with Crippen LogP contribution >= 0.6 is 11.8 Å². The highest BCUT2D eigenvalue weighted by molar-refractivity contribution is 8.04. The van der Waals surface area contributed by atoms with Crippen LogP contribution in [0, 0.1) is 0 Å². The smallest absolute Gasteiger partial charge is 0.171 e. The second-order valence-electron chi connectivity index (χ2n) is 3.47. The summed E-state index contributed by atoms with van der Waals surface area (Å²) in [6, 6.07) is 0. The molecule has 0 atom stereocenters. The van der Waals surface area contributed by atoms with Crippen LogP contribution in [0.25, 0.3) is 0 Å². The van der Waals surface area contributed by atoms with Crippen molar-refractivity contribution >= 4 is 21.6 Å². The molecule has 1 rings (SSSR count). The van der Waals surface area contributed by atoms with Gasteiger partial charge in [0.15, 0.2) is 9.84 Å². The summed E-state index contributed by atoms with van der Waals surface area (Å²) in [5.74, 6) is 1.01. The molecule has 0 aliphatic carbocycles. The summed E-state index contributed by atoms with van der Waals surface area (Å²) in [6.07, 6.45) is 3.52. The molecule has 0 unspecified atom stereocenters. The van der Waals surface area contributed by atoms with E-state index >= 15 is 0 Å². The van der Waals surface area contributed by atoms with Gasteiger partial charge < -0.3 is 4.90 Å². The number of nitrogens with zero attached hydrogens (tertiary/aromatic N) is 1. The Kier molecular flexibility index (Phi) is 4.31. The Balaban J connectivity index is 2.64. The predicted molar refractivity (Wildman–Crippen MR) is 61.9 cm³/mol. The van der Waals surface area contributed by atoms with Crippen molar-refractivity contribution in [3.05, 3.63) is 10.4 Å². The van der Waals surface area contributed by atoms with Crippen LogP contribution in [-0.4, -0.2) is 38.4 Å². The first-order chi connectivity index (χ1) is 6.53. The zero-order valence-electron chi connectivity index (χ0n) is 8.69. The van der Waals surface area contributed by atoms with Crippen molar-refractivity contribution in [2.24, 2.45) is 0 Å². The van der Waals surface area contributed by atoms with E-state index in [0.717, 1.165) is 36.7 Å². The molecule has 0 aromatic heterocycles. The van der Waals surface area contributed by atoms with Crippen LogP contribution in [0.2, 0.25) is 0 Å². The van der Waals surface area contributed by atoms with Crippen molar-refractivity contribution in [3.63, 3.8) is 0 Å². The lowest BCUT2D eigenvalue weighted by Gasteiger charge is -2.17. The molecule has 1 heterocycles. The lowest BCUT2D eigenvalue weighted by atomic mass is 10.3. The molecule has 5 heteroatoms. The standard InChI is InChI=1S/C9H17NO2S2/c1-3-4-5-10-6-7-13-9(10)8-14(2,11)12/h8H,3-7H2,1-2H3/b9-8-. The SMILES string of the molecule is CCCCN1CCS/C1=C\S(C)(=O)=O. The molecule has 0 bridgehead atoms. The molecule has 14 heavy (non-hydrogen) atoms. The Hall–Kier alpha value is -0.160. The van der Waals surface area contributed by atoms with Crippen LogP contribution in [0.5, 0.6) is 0 Å². The van der Waals surface area contributed by atoms with Gasteiger partial charge in [-0.3, -0.25) is 0 Å². The number of hydrogen-bond acceptors (Lipinski definition) is 4. The van der Waals surface area contributed by atoms with Crippen LogP contribution in [0.4, 0.5) is 0 Å². The molecule has 82 valence electrons. The maximum atomic E-state index is 11.1. The van der Waals surface area contributed by atoms with E-state index in [1.165, 1.54) is 11.7 Å². The molecule has 1 aliphatic heterocycles. The quantitative estimate of drug-likeness (QED) is 0.743. The molecule has 0 saturated carbocycles. The lowest BCUT2D eigenvalue weighted by Crippen LogP contribution is -2.19. The topological polar surface area (TPSA) is 37.4 Å². The average molecular weight is 235 g/mol. The van der Waals surface area contributed by atoms with E-state index in [0.29, 0.717) is 0 Å². The van der Waals surface area contributed by atoms with Crippen LogP contribution < -0.4 is 0 Å². The van der Waals surface area contributed by atoms with Crippen molar-refractivity contribution in [2.45, 2.75) is 19.8 Å². The van der Waals surface area contributed by atoms with Gasteiger partial charge in [0.1, 0.15) is 0 Å². The van der Waals surface area contributed by atoms with Gasteiger partial charge in [-0.2, -0.15) is 0 Å². The summed E-state index contributed by atoms with van der Waals surface area (Å²) in [7, 11) is -2.99. The zero-order valence-corrected chi connectivity index (χ0v) is 10.3. The second kappa shape index (κ2) is 5.07. The summed E-state index contributed by atoms with van der Waals surface area (Å²) in [4.78, 5) is 2.16. The van der Waals surface area contributed by atoms with Crippen molar-refractivity contribution in [1.29, 1.82) is 0 Å². The van der Waals surface area contributed by atoms with Crippen LogP contribution in [0.3, 0.4) is 0 Å². The third-order valence-corrected chi connectivity index (χ3v) is 3.88. The summed E-state index contributed by atoms with van der Waals surface area (Å²) in [5, 5.41) is 2.31. The van der Waals surface area contributed by atoms with Crippen LogP contribution in [0.15, 0.2) is 10.4 Å². The Morgan fingerprint density at radius 3 is 2.86 bits per heavy atom. The van der Waals surface area contributed by atoms with E-state index in [2.05, 4.69) is 11.8 Å². The van der Waals surface area contributed by atoms with Gasteiger partial charge in [0.05, 0.1) is 10.4 Å². The zero-order chi connectivity index (χ0) is 10.6. The minimum Gasteiger partial charge on any atom is -0.365 e. The maximum Gasteiger partial charge on any atom is 0.171 e. The second-order valence-corrected chi connectivity index (χ2v) is 6.48. The van der Waals surface area contributed by atoms with Gasteiger partial charge in [-0.25, -0.2) is 8.42 Å². The number of unbranched alkanes of at least 4 members (excludes halogenated alkanes) is 1. The fraction of sp³-hybridized carbons (Fsp3) is 0.778. The van der Waals surface area contributed by atoms with Crippen molar-refractivity contribution in [3.8, 4) is 0 Å². The number of sulfone groups is 1. The number of hydrogen-bond donors (Lipinski definition) is 0.